The van der Waals surface area contributed by atoms with E-state index in [4.69, 9.17) is 0 Å². The van der Waals surface area contributed by atoms with Gasteiger partial charge in [0, 0.05) is 0 Å². The fourth-order valence-electron chi connectivity index (χ4n) is 3.24. The van der Waals surface area contributed by atoms with Gasteiger partial charge in [-0.3, -0.25) is 0 Å². The van der Waals surface area contributed by atoms with Crippen LogP contribution in [0.5, 0.6) is 0 Å². The summed E-state index contributed by atoms with van der Waals surface area (Å²) < 4.78 is 12.5. The molecule has 1 atom stereocenters. The number of hydrogen-bond acceptors (Lipinski definition) is 1. The van der Waals surface area contributed by atoms with E-state index in [2.05, 4.69) is 97.0 Å². The molecule has 2 aromatic carbocycles. The van der Waals surface area contributed by atoms with Crippen molar-refractivity contribution in [3.63, 3.8) is 0 Å². The van der Waals surface area contributed by atoms with Crippen molar-refractivity contribution >= 4 is 7.91 Å². The zero-order valence-electron chi connectivity index (χ0n) is 16.2. The molecular weight excluding hydrogens is 374 g/mol. The average molecular weight is 406 g/mol. The van der Waals surface area contributed by atoms with Crippen molar-refractivity contribution in [1.82, 2.24) is 0 Å². The molecule has 1 unspecified atom stereocenters. The van der Waals surface area contributed by atoms with Gasteiger partial charge in [0.25, 0.3) is 0 Å². The molecule has 0 aliphatic rings. The van der Waals surface area contributed by atoms with Gasteiger partial charge in [-0.1, -0.05) is 0 Å². The molecule has 0 aliphatic carbocycles. The summed E-state index contributed by atoms with van der Waals surface area (Å²) >= 11 is -3.36. The maximum absolute atomic E-state index is 9.91. The van der Waals surface area contributed by atoms with Crippen LogP contribution in [-0.2, 0) is 15.9 Å². The predicted molar refractivity (Wildman–Crippen MR) is 103 cm³/mol. The van der Waals surface area contributed by atoms with E-state index in [9.17, 15) is 3.91 Å². The summed E-state index contributed by atoms with van der Waals surface area (Å²) in [7, 11) is 0. The molecular formula is C22H32MoN. The molecule has 0 aromatic heterocycles. The Kier molecular flexibility index (Phi) is 5.65. The second kappa shape index (κ2) is 7.04. The van der Waals surface area contributed by atoms with Crippen molar-refractivity contribution in [2.24, 2.45) is 0 Å². The Hall–Kier alpha value is -1.07. The van der Waals surface area contributed by atoms with E-state index in [1.54, 1.807) is 0 Å². The molecule has 0 bridgehead atoms. The van der Waals surface area contributed by atoms with Crippen LogP contribution in [0.2, 0.25) is 3.80 Å². The van der Waals surface area contributed by atoms with Crippen molar-refractivity contribution in [2.45, 2.75) is 64.1 Å². The standard InChI is InChI=1S/C12H17.C6H5.C4H9.Mo.HN/c1-9(2)11-6-5-7-12(8-11)10(3)4;1-2-4-6-5-3-1;1-4(2)3;;/h5-7,9-10H,1-4H3;1-5H;1-3H3;;1H. The normalized spacial score (nSPS) is 14.9. The molecule has 24 heavy (non-hydrogen) atoms. The summed E-state index contributed by atoms with van der Waals surface area (Å²) in [5.41, 5.74) is 2.77. The van der Waals surface area contributed by atoms with Gasteiger partial charge < -0.3 is 0 Å². The van der Waals surface area contributed by atoms with Crippen LogP contribution in [-0.4, -0.2) is 0 Å². The van der Waals surface area contributed by atoms with Crippen LogP contribution in [0.25, 0.3) is 0 Å². The zero-order chi connectivity index (χ0) is 18.1. The van der Waals surface area contributed by atoms with Crippen LogP contribution in [0.4, 0.5) is 0 Å². The molecule has 1 nitrogen and oxygen atoms in total. The topological polar surface area (TPSA) is 23.9 Å². The minimum absolute atomic E-state index is 0.0293. The molecule has 0 spiro atoms. The molecule has 2 heteroatoms. The molecule has 0 amide bonds. The van der Waals surface area contributed by atoms with Gasteiger partial charge in [0.05, 0.1) is 0 Å². The fourth-order valence-corrected chi connectivity index (χ4v) is 11.7. The first kappa shape index (κ1) is 19.3. The SMILES string of the molecule is CC(C)c1cccc(C(C)C)[c]1[Mo](=[NH])([c]1ccccc1)[C](C)(C)C. The Morgan fingerprint density at radius 1 is 0.750 bits per heavy atom. The molecule has 0 saturated heterocycles. The van der Waals surface area contributed by atoms with E-state index in [-0.39, 0.29) is 3.80 Å². The quantitative estimate of drug-likeness (QED) is 0.601. The van der Waals surface area contributed by atoms with Crippen LogP contribution in [0.15, 0.2) is 48.5 Å². The Balaban J connectivity index is 2.94. The average Bonchev–Trinajstić information content (AvgIpc) is 2.53. The van der Waals surface area contributed by atoms with Gasteiger partial charge in [0.1, 0.15) is 0 Å². The third-order valence-corrected chi connectivity index (χ3v) is 14.2. The zero-order valence-corrected chi connectivity index (χ0v) is 18.2. The third kappa shape index (κ3) is 3.33. The summed E-state index contributed by atoms with van der Waals surface area (Å²) in [5.74, 6) is 0.890. The molecule has 0 radical (unpaired) electrons. The van der Waals surface area contributed by atoms with Crippen LogP contribution in [0.1, 0.15) is 71.4 Å². The van der Waals surface area contributed by atoms with Crippen molar-refractivity contribution in [2.75, 3.05) is 0 Å². The van der Waals surface area contributed by atoms with Gasteiger partial charge in [-0.15, -0.1) is 0 Å². The van der Waals surface area contributed by atoms with Gasteiger partial charge in [-0.25, -0.2) is 0 Å². The van der Waals surface area contributed by atoms with Crippen molar-refractivity contribution < 1.29 is 15.9 Å². The Labute approximate surface area is 151 Å². The summed E-state index contributed by atoms with van der Waals surface area (Å²) in [4.78, 5) is 0. The van der Waals surface area contributed by atoms with Gasteiger partial charge in [0.2, 0.25) is 0 Å². The first-order valence-corrected chi connectivity index (χ1v) is 12.9. The summed E-state index contributed by atoms with van der Waals surface area (Å²) in [5, 5.41) is 0. The molecule has 1 N–H and O–H groups in total. The van der Waals surface area contributed by atoms with Crippen molar-refractivity contribution in [1.29, 1.82) is 3.91 Å². The van der Waals surface area contributed by atoms with E-state index in [1.165, 1.54) is 19.0 Å². The van der Waals surface area contributed by atoms with Crippen LogP contribution in [0, 0.1) is 3.91 Å². The number of rotatable bonds is 4. The fraction of sp³-hybridized carbons (Fsp3) is 0.455. The molecule has 131 valence electrons. The van der Waals surface area contributed by atoms with E-state index in [1.807, 2.05) is 0 Å². The van der Waals surface area contributed by atoms with Crippen LogP contribution in [0.3, 0.4) is 0 Å². The Morgan fingerprint density at radius 2 is 1.21 bits per heavy atom. The van der Waals surface area contributed by atoms with Gasteiger partial charge in [-0.2, -0.15) is 0 Å². The summed E-state index contributed by atoms with van der Waals surface area (Å²) in [6, 6.07) is 17.4. The van der Waals surface area contributed by atoms with Gasteiger partial charge in [0.15, 0.2) is 0 Å². The van der Waals surface area contributed by atoms with Crippen LogP contribution >= 0.6 is 0 Å². The molecule has 2 aromatic rings. The monoisotopic (exact) mass is 408 g/mol. The van der Waals surface area contributed by atoms with Gasteiger partial charge >= 0.3 is 151 Å². The second-order valence-electron chi connectivity index (χ2n) is 8.11. The van der Waals surface area contributed by atoms with Crippen LogP contribution < -0.4 is 7.91 Å². The summed E-state index contributed by atoms with van der Waals surface area (Å²) in [6.45, 7) is 15.9. The first-order chi connectivity index (χ1) is 11.1. The number of benzene rings is 2. The van der Waals surface area contributed by atoms with Crippen molar-refractivity contribution in [3.8, 4) is 0 Å². The minimum atomic E-state index is -3.36. The second-order valence-corrected chi connectivity index (χ2v) is 16.3. The predicted octanol–water partition coefficient (Wildman–Crippen LogP) is 6.02. The molecule has 0 fully saturated rings. The van der Waals surface area contributed by atoms with E-state index >= 15 is 0 Å². The first-order valence-electron chi connectivity index (χ1n) is 8.86. The molecule has 2 rings (SSSR count). The number of hydrogen-bond donors (Lipinski definition) is 1. The molecule has 0 aliphatic heterocycles. The van der Waals surface area contributed by atoms with E-state index in [0.29, 0.717) is 11.8 Å². The Bertz CT molecular complexity index is 710. The molecule has 0 heterocycles. The number of nitrogens with one attached hydrogen (secondary N) is 1. The van der Waals surface area contributed by atoms with E-state index < -0.39 is 15.9 Å². The van der Waals surface area contributed by atoms with E-state index in [0.717, 1.165) is 0 Å². The van der Waals surface area contributed by atoms with Gasteiger partial charge in [-0.05, 0) is 0 Å². The molecule has 0 saturated carbocycles. The Morgan fingerprint density at radius 3 is 1.58 bits per heavy atom. The summed E-state index contributed by atoms with van der Waals surface area (Å²) in [6.07, 6.45) is 0. The maximum atomic E-state index is 9.91. The third-order valence-electron chi connectivity index (χ3n) is 4.64. The van der Waals surface area contributed by atoms with Crippen molar-refractivity contribution in [3.05, 3.63) is 59.7 Å².